The van der Waals surface area contributed by atoms with Crippen molar-refractivity contribution in [1.82, 2.24) is 0 Å². The molecule has 0 bridgehead atoms. The number of carbonyl (C=O) groups is 1. The number of ether oxygens (including phenoxy) is 1. The Labute approximate surface area is 121 Å². The first-order chi connectivity index (χ1) is 9.58. The Hall–Kier alpha value is -1.04. The first-order valence-corrected chi connectivity index (χ1v) is 7.30. The number of carbonyl (C=O) groups excluding carboxylic acids is 1. The number of hydrogen-bond donors (Lipinski definition) is 1. The largest absolute Gasteiger partial charge is 0.465 e. The maximum Gasteiger partial charge on any atom is 0.429 e. The summed E-state index contributed by atoms with van der Waals surface area (Å²) in [6, 6.07) is 0. The molecule has 1 N–H and O–H groups in total. The summed E-state index contributed by atoms with van der Waals surface area (Å²) in [5, 5.41) is -6.14. The van der Waals surface area contributed by atoms with Gasteiger partial charge in [-0.2, -0.15) is 30.4 Å². The van der Waals surface area contributed by atoms with E-state index >= 15 is 0 Å². The van der Waals surface area contributed by atoms with Crippen LogP contribution >= 0.6 is 0 Å². The fourth-order valence-corrected chi connectivity index (χ4v) is 2.13. The first-order valence-electron chi connectivity index (χ1n) is 5.86. The van der Waals surface area contributed by atoms with Gasteiger partial charge in [-0.25, -0.2) is 4.39 Å². The van der Waals surface area contributed by atoms with Gasteiger partial charge in [0.25, 0.3) is 5.67 Å². The van der Waals surface area contributed by atoms with Crippen molar-refractivity contribution in [2.24, 2.45) is 5.41 Å². The molecule has 1 atom stereocenters. The van der Waals surface area contributed by atoms with Crippen LogP contribution < -0.4 is 0 Å². The van der Waals surface area contributed by atoms with Gasteiger partial charge in [-0.1, -0.05) is 0 Å². The van der Waals surface area contributed by atoms with Crippen LogP contribution in [0.3, 0.4) is 0 Å². The van der Waals surface area contributed by atoms with Gasteiger partial charge >= 0.3 is 27.5 Å². The van der Waals surface area contributed by atoms with E-state index in [2.05, 4.69) is 4.74 Å². The molecule has 0 heterocycles. The average Bonchev–Trinajstić information content (AvgIpc) is 3.05. The molecule has 1 fully saturated rings. The van der Waals surface area contributed by atoms with Crippen LogP contribution in [0.4, 0.5) is 26.3 Å². The summed E-state index contributed by atoms with van der Waals surface area (Å²) < 4.78 is 111. The van der Waals surface area contributed by atoms with Crippen molar-refractivity contribution in [1.29, 1.82) is 0 Å². The minimum atomic E-state index is -6.68. The van der Waals surface area contributed by atoms with Crippen LogP contribution in [0.25, 0.3) is 0 Å². The monoisotopic (exact) mass is 358 g/mol. The lowest BCUT2D eigenvalue weighted by molar-refractivity contribution is -0.284. The molecular formula is C10H12F6O5S. The topological polar surface area (TPSA) is 80.7 Å². The van der Waals surface area contributed by atoms with Crippen LogP contribution in [0.15, 0.2) is 0 Å². The van der Waals surface area contributed by atoms with Gasteiger partial charge in [0.15, 0.2) is 0 Å². The van der Waals surface area contributed by atoms with Crippen LogP contribution in [-0.2, 0) is 19.6 Å². The molecule has 1 aliphatic carbocycles. The molecule has 5 nitrogen and oxygen atoms in total. The van der Waals surface area contributed by atoms with Crippen LogP contribution in [0, 0.1) is 5.41 Å². The molecular weight excluding hydrogens is 346 g/mol. The normalized spacial score (nSPS) is 21.1. The van der Waals surface area contributed by atoms with Crippen LogP contribution in [0.5, 0.6) is 0 Å². The third-order valence-electron chi connectivity index (χ3n) is 3.41. The maximum absolute atomic E-state index is 13.7. The molecule has 1 rings (SSSR count). The molecule has 0 aliphatic heterocycles. The van der Waals surface area contributed by atoms with E-state index < -0.39 is 51.6 Å². The van der Waals surface area contributed by atoms with Crippen LogP contribution in [0.2, 0.25) is 0 Å². The zero-order valence-electron chi connectivity index (χ0n) is 11.1. The lowest BCUT2D eigenvalue weighted by Crippen LogP contribution is -2.59. The smallest absolute Gasteiger partial charge is 0.429 e. The van der Waals surface area contributed by atoms with Gasteiger partial charge in [-0.3, -0.25) is 9.35 Å². The summed E-state index contributed by atoms with van der Waals surface area (Å²) in [5.74, 6) is -0.993. The summed E-state index contributed by atoms with van der Waals surface area (Å²) in [6.07, 6.45) is -7.73. The SMILES string of the molecule is CC1(C(=O)OCCC(F)(C(F)(F)F)C(F)(F)S(=O)(=O)O)CC1. The molecule has 12 heteroatoms. The zero-order chi connectivity index (χ0) is 17.6. The first kappa shape index (κ1) is 19.0. The molecule has 130 valence electrons. The molecule has 0 spiro atoms. The number of hydrogen-bond acceptors (Lipinski definition) is 4. The summed E-state index contributed by atoms with van der Waals surface area (Å²) in [6.45, 7) is -0.00980. The third-order valence-corrected chi connectivity index (χ3v) is 4.38. The molecule has 0 radical (unpaired) electrons. The van der Waals surface area contributed by atoms with E-state index in [4.69, 9.17) is 4.55 Å². The van der Waals surface area contributed by atoms with Crippen LogP contribution in [0.1, 0.15) is 26.2 Å². The van der Waals surface area contributed by atoms with E-state index in [1.54, 1.807) is 0 Å². The van der Waals surface area contributed by atoms with Gasteiger partial charge < -0.3 is 4.74 Å². The maximum atomic E-state index is 13.7. The second-order valence-electron chi connectivity index (χ2n) is 5.24. The molecule has 1 unspecified atom stereocenters. The highest BCUT2D eigenvalue weighted by atomic mass is 32.2. The lowest BCUT2D eigenvalue weighted by Gasteiger charge is -2.32. The molecule has 1 aliphatic rings. The molecule has 22 heavy (non-hydrogen) atoms. The van der Waals surface area contributed by atoms with Gasteiger partial charge in [0.1, 0.15) is 0 Å². The summed E-state index contributed by atoms with van der Waals surface area (Å²) in [4.78, 5) is 11.3. The molecule has 0 aromatic carbocycles. The Morgan fingerprint density at radius 3 is 1.95 bits per heavy atom. The fraction of sp³-hybridized carbons (Fsp3) is 0.900. The molecule has 0 aromatic heterocycles. The van der Waals surface area contributed by atoms with Gasteiger partial charge in [-0.15, -0.1) is 0 Å². The van der Waals surface area contributed by atoms with Gasteiger partial charge in [0.2, 0.25) is 0 Å². The van der Waals surface area contributed by atoms with Gasteiger partial charge in [0.05, 0.1) is 12.0 Å². The minimum Gasteiger partial charge on any atom is -0.465 e. The van der Waals surface area contributed by atoms with E-state index in [0.717, 1.165) is 0 Å². The van der Waals surface area contributed by atoms with Crippen molar-refractivity contribution < 1.29 is 48.8 Å². The number of esters is 1. The second kappa shape index (κ2) is 5.25. The van der Waals surface area contributed by atoms with E-state index in [0.29, 0.717) is 12.8 Å². The van der Waals surface area contributed by atoms with Crippen molar-refractivity contribution in [3.8, 4) is 0 Å². The lowest BCUT2D eigenvalue weighted by atomic mass is 10.0. The van der Waals surface area contributed by atoms with Crippen molar-refractivity contribution >= 4 is 16.1 Å². The third kappa shape index (κ3) is 3.16. The highest BCUT2D eigenvalue weighted by Crippen LogP contribution is 2.50. The zero-order valence-corrected chi connectivity index (χ0v) is 11.9. The molecule has 0 aromatic rings. The van der Waals surface area contributed by atoms with Crippen molar-refractivity contribution in [3.63, 3.8) is 0 Å². The quantitative estimate of drug-likeness (QED) is 0.448. The standard InChI is InChI=1S/C10H12F6O5S/c1-7(2-3-7)6(17)21-5-4-8(11,9(12,13)14)10(15,16)22(18,19)20/h2-5H2,1H3,(H,18,19,20). The van der Waals surface area contributed by atoms with E-state index in [1.807, 2.05) is 0 Å². The minimum absolute atomic E-state index is 0.382. The summed E-state index contributed by atoms with van der Waals surface area (Å²) in [7, 11) is -6.68. The number of rotatable bonds is 6. The van der Waals surface area contributed by atoms with Crippen molar-refractivity contribution in [2.45, 2.75) is 43.3 Å². The predicted octanol–water partition coefficient (Wildman–Crippen LogP) is 2.47. The van der Waals surface area contributed by atoms with Gasteiger partial charge in [0, 0.05) is 6.42 Å². The predicted molar refractivity (Wildman–Crippen MR) is 59.3 cm³/mol. The Kier molecular flexibility index (Phi) is 4.54. The van der Waals surface area contributed by atoms with E-state index in [-0.39, 0.29) is 0 Å². The highest BCUT2D eigenvalue weighted by molar-refractivity contribution is 7.87. The fourth-order valence-electron chi connectivity index (χ4n) is 1.51. The van der Waals surface area contributed by atoms with E-state index in [1.165, 1.54) is 6.92 Å². The summed E-state index contributed by atoms with van der Waals surface area (Å²) >= 11 is 0. The van der Waals surface area contributed by atoms with Crippen molar-refractivity contribution in [2.75, 3.05) is 6.61 Å². The molecule has 1 saturated carbocycles. The van der Waals surface area contributed by atoms with Crippen molar-refractivity contribution in [3.05, 3.63) is 0 Å². The Balaban J connectivity index is 2.92. The van der Waals surface area contributed by atoms with E-state index in [9.17, 15) is 39.6 Å². The second-order valence-corrected chi connectivity index (χ2v) is 6.70. The Morgan fingerprint density at radius 1 is 1.18 bits per heavy atom. The molecule has 0 saturated heterocycles. The van der Waals surface area contributed by atoms with Crippen LogP contribution in [-0.4, -0.2) is 42.6 Å². The summed E-state index contributed by atoms with van der Waals surface area (Å²) in [5.41, 5.74) is -6.54. The Bertz CT molecular complexity index is 553. The number of halogens is 6. The van der Waals surface area contributed by atoms with Gasteiger partial charge in [-0.05, 0) is 19.8 Å². The average molecular weight is 358 g/mol. The number of alkyl halides is 6. The highest BCUT2D eigenvalue weighted by Gasteiger charge is 2.76. The molecule has 0 amide bonds. The Morgan fingerprint density at radius 2 is 1.64 bits per heavy atom.